The Morgan fingerprint density at radius 1 is 0.643 bits per heavy atom. The van der Waals surface area contributed by atoms with Crippen LogP contribution in [0.1, 0.15) is 0 Å². The Labute approximate surface area is 173 Å². The minimum absolute atomic E-state index is 0.0295. The zero-order valence-corrected chi connectivity index (χ0v) is 17.3. The molecular weight excluding hydrogens is 443 g/mol. The summed E-state index contributed by atoms with van der Waals surface area (Å²) >= 11 is 11.9. The molecule has 0 fully saturated rings. The average molecular weight is 457 g/mol. The second kappa shape index (κ2) is 8.00. The number of nitrogens with one attached hydrogen (secondary N) is 2. The van der Waals surface area contributed by atoms with Gasteiger partial charge in [0.15, 0.2) is 0 Å². The van der Waals surface area contributed by atoms with Crippen LogP contribution in [0.4, 0.5) is 11.4 Å². The van der Waals surface area contributed by atoms with Crippen molar-refractivity contribution in [2.45, 2.75) is 9.79 Å². The zero-order chi connectivity index (χ0) is 20.4. The van der Waals surface area contributed by atoms with Crippen LogP contribution in [0.25, 0.3) is 0 Å². The fourth-order valence-corrected chi connectivity index (χ4v) is 4.85. The summed E-state index contributed by atoms with van der Waals surface area (Å²) in [6.45, 7) is 0. The van der Waals surface area contributed by atoms with Crippen LogP contribution in [0.2, 0.25) is 10.0 Å². The van der Waals surface area contributed by atoms with Gasteiger partial charge in [-0.15, -0.1) is 0 Å². The second-order valence-electron chi connectivity index (χ2n) is 5.67. The molecule has 2 N–H and O–H groups in total. The van der Waals surface area contributed by atoms with E-state index in [-0.39, 0.29) is 26.2 Å². The molecule has 0 spiro atoms. The molecule has 0 aliphatic heterocycles. The standard InChI is InChI=1S/C18H14Cl2N2O4S2/c19-13-6-9-16(10-7-13)27(23,24)21-14-8-11-18(17(20)12-14)22-28(25,26)15-4-2-1-3-5-15/h1-12,21-22H. The monoisotopic (exact) mass is 456 g/mol. The van der Waals surface area contributed by atoms with E-state index in [0.717, 1.165) is 0 Å². The Hall–Kier alpha value is -2.26. The van der Waals surface area contributed by atoms with Crippen molar-refractivity contribution in [2.24, 2.45) is 0 Å². The first-order valence-corrected chi connectivity index (χ1v) is 11.6. The van der Waals surface area contributed by atoms with Gasteiger partial charge in [0.25, 0.3) is 20.0 Å². The molecule has 3 aromatic carbocycles. The quantitative estimate of drug-likeness (QED) is 0.566. The highest BCUT2D eigenvalue weighted by Crippen LogP contribution is 2.29. The first kappa shape index (κ1) is 20.5. The number of hydrogen-bond acceptors (Lipinski definition) is 4. The zero-order valence-electron chi connectivity index (χ0n) is 14.1. The summed E-state index contributed by atoms with van der Waals surface area (Å²) in [6, 6.07) is 17.6. The van der Waals surface area contributed by atoms with Gasteiger partial charge in [-0.1, -0.05) is 41.4 Å². The Balaban J connectivity index is 1.82. The first-order valence-electron chi connectivity index (χ1n) is 7.83. The smallest absolute Gasteiger partial charge is 0.261 e. The van der Waals surface area contributed by atoms with Crippen molar-refractivity contribution in [3.8, 4) is 0 Å². The van der Waals surface area contributed by atoms with Gasteiger partial charge >= 0.3 is 0 Å². The lowest BCUT2D eigenvalue weighted by Gasteiger charge is -2.12. The van der Waals surface area contributed by atoms with Gasteiger partial charge in [0.05, 0.1) is 26.2 Å². The summed E-state index contributed by atoms with van der Waals surface area (Å²) < 4.78 is 54.4. The molecule has 0 heterocycles. The number of sulfonamides is 2. The predicted molar refractivity (Wildman–Crippen MR) is 111 cm³/mol. The molecule has 0 amide bonds. The molecule has 3 aromatic rings. The van der Waals surface area contributed by atoms with Crippen LogP contribution in [0.5, 0.6) is 0 Å². The summed E-state index contributed by atoms with van der Waals surface area (Å²) in [5.41, 5.74) is 0.308. The van der Waals surface area contributed by atoms with Gasteiger partial charge in [0.1, 0.15) is 0 Å². The van der Waals surface area contributed by atoms with Crippen LogP contribution in [0.3, 0.4) is 0 Å². The van der Waals surface area contributed by atoms with Crippen LogP contribution in [0, 0.1) is 0 Å². The fraction of sp³-hybridized carbons (Fsp3) is 0. The van der Waals surface area contributed by atoms with Crippen LogP contribution in [-0.2, 0) is 20.0 Å². The molecule has 0 aromatic heterocycles. The molecule has 10 heteroatoms. The minimum Gasteiger partial charge on any atom is -0.280 e. The highest BCUT2D eigenvalue weighted by Gasteiger charge is 2.17. The Kier molecular flexibility index (Phi) is 5.85. The number of halogens is 2. The number of hydrogen-bond donors (Lipinski definition) is 2. The van der Waals surface area contributed by atoms with E-state index in [9.17, 15) is 16.8 Å². The molecule has 3 rings (SSSR count). The van der Waals surface area contributed by atoms with Crippen LogP contribution >= 0.6 is 23.2 Å². The molecule has 0 atom stereocenters. The van der Waals surface area contributed by atoms with Crippen molar-refractivity contribution in [3.05, 3.63) is 82.8 Å². The van der Waals surface area contributed by atoms with E-state index >= 15 is 0 Å². The third-order valence-corrected chi connectivity index (χ3v) is 6.99. The normalized spacial score (nSPS) is 11.8. The van der Waals surface area contributed by atoms with Gasteiger partial charge in [0, 0.05) is 5.02 Å². The Morgan fingerprint density at radius 2 is 1.21 bits per heavy atom. The molecule has 0 saturated heterocycles. The van der Waals surface area contributed by atoms with E-state index in [4.69, 9.17) is 23.2 Å². The molecule has 6 nitrogen and oxygen atoms in total. The first-order chi connectivity index (χ1) is 13.2. The summed E-state index contributed by atoms with van der Waals surface area (Å²) in [5.74, 6) is 0. The number of benzene rings is 3. The van der Waals surface area contributed by atoms with E-state index in [1.807, 2.05) is 0 Å². The summed E-state index contributed by atoms with van der Waals surface area (Å²) in [6.07, 6.45) is 0. The summed E-state index contributed by atoms with van der Waals surface area (Å²) in [4.78, 5) is 0.112. The van der Waals surface area contributed by atoms with Crippen molar-refractivity contribution in [2.75, 3.05) is 9.44 Å². The predicted octanol–water partition coefficient (Wildman–Crippen LogP) is 4.60. The molecule has 0 aliphatic rings. The molecule has 0 bridgehead atoms. The summed E-state index contributed by atoms with van der Waals surface area (Å²) in [7, 11) is -7.66. The Morgan fingerprint density at radius 3 is 1.82 bits per heavy atom. The van der Waals surface area contributed by atoms with Crippen molar-refractivity contribution in [1.29, 1.82) is 0 Å². The maximum atomic E-state index is 12.4. The van der Waals surface area contributed by atoms with E-state index in [1.165, 1.54) is 54.6 Å². The van der Waals surface area contributed by atoms with Crippen molar-refractivity contribution >= 4 is 54.6 Å². The van der Waals surface area contributed by atoms with Crippen LogP contribution < -0.4 is 9.44 Å². The van der Waals surface area contributed by atoms with Gasteiger partial charge in [-0.2, -0.15) is 0 Å². The van der Waals surface area contributed by atoms with E-state index in [0.29, 0.717) is 5.02 Å². The molecule has 28 heavy (non-hydrogen) atoms. The van der Waals surface area contributed by atoms with Gasteiger partial charge < -0.3 is 0 Å². The van der Waals surface area contributed by atoms with E-state index in [1.54, 1.807) is 18.2 Å². The lowest BCUT2D eigenvalue weighted by molar-refractivity contribution is 0.599. The number of anilines is 2. The lowest BCUT2D eigenvalue weighted by atomic mass is 10.3. The van der Waals surface area contributed by atoms with Gasteiger partial charge in [-0.3, -0.25) is 9.44 Å². The third-order valence-electron chi connectivity index (χ3n) is 3.64. The number of rotatable bonds is 6. The molecule has 146 valence electrons. The SMILES string of the molecule is O=S(=O)(Nc1ccc(NS(=O)(=O)c2ccccc2)c(Cl)c1)c1ccc(Cl)cc1. The van der Waals surface area contributed by atoms with Crippen molar-refractivity contribution in [1.82, 2.24) is 0 Å². The molecule has 0 saturated carbocycles. The largest absolute Gasteiger partial charge is 0.280 e. The summed E-state index contributed by atoms with van der Waals surface area (Å²) in [5, 5.41) is 0.452. The lowest BCUT2D eigenvalue weighted by Crippen LogP contribution is -2.14. The van der Waals surface area contributed by atoms with E-state index < -0.39 is 20.0 Å². The van der Waals surface area contributed by atoms with Crippen molar-refractivity contribution in [3.63, 3.8) is 0 Å². The van der Waals surface area contributed by atoms with E-state index in [2.05, 4.69) is 9.44 Å². The molecule has 0 radical (unpaired) electrons. The fourth-order valence-electron chi connectivity index (χ4n) is 2.29. The minimum atomic E-state index is -3.84. The molecule has 0 unspecified atom stereocenters. The van der Waals surface area contributed by atoms with Gasteiger partial charge in [-0.05, 0) is 54.6 Å². The third kappa shape index (κ3) is 4.77. The Bertz CT molecular complexity index is 1200. The van der Waals surface area contributed by atoms with Crippen LogP contribution in [0.15, 0.2) is 82.6 Å². The highest BCUT2D eigenvalue weighted by molar-refractivity contribution is 7.93. The maximum Gasteiger partial charge on any atom is 0.261 e. The van der Waals surface area contributed by atoms with Crippen molar-refractivity contribution < 1.29 is 16.8 Å². The highest BCUT2D eigenvalue weighted by atomic mass is 35.5. The average Bonchev–Trinajstić information content (AvgIpc) is 2.65. The maximum absolute atomic E-state index is 12.4. The van der Waals surface area contributed by atoms with Gasteiger partial charge in [-0.25, -0.2) is 16.8 Å². The van der Waals surface area contributed by atoms with Crippen LogP contribution in [-0.4, -0.2) is 16.8 Å². The second-order valence-corrected chi connectivity index (χ2v) is 9.88. The topological polar surface area (TPSA) is 92.3 Å². The molecular formula is C18H14Cl2N2O4S2. The van der Waals surface area contributed by atoms with Gasteiger partial charge in [0.2, 0.25) is 0 Å². The molecule has 0 aliphatic carbocycles.